The molecule has 21 heavy (non-hydrogen) atoms. The van der Waals surface area contributed by atoms with E-state index in [1.807, 2.05) is 7.05 Å². The Labute approximate surface area is 125 Å². The second kappa shape index (κ2) is 5.86. The minimum Gasteiger partial charge on any atom is -0.496 e. The molecule has 0 aliphatic heterocycles. The van der Waals surface area contributed by atoms with Crippen LogP contribution in [0.4, 0.5) is 4.39 Å². The molecule has 0 amide bonds. The summed E-state index contributed by atoms with van der Waals surface area (Å²) < 4.78 is 19.1. The predicted octanol–water partition coefficient (Wildman–Crippen LogP) is 3.82. The van der Waals surface area contributed by atoms with E-state index >= 15 is 0 Å². The molecule has 2 aromatic rings. The first-order chi connectivity index (χ1) is 10.2. The molecule has 2 nitrogen and oxygen atoms in total. The molecule has 2 aromatic carbocycles. The van der Waals surface area contributed by atoms with E-state index in [0.29, 0.717) is 5.92 Å². The highest BCUT2D eigenvalue weighted by atomic mass is 19.1. The number of halogens is 1. The number of hydrogen-bond donors (Lipinski definition) is 1. The maximum Gasteiger partial charge on any atom is 0.123 e. The molecule has 0 spiro atoms. The van der Waals surface area contributed by atoms with Gasteiger partial charge < -0.3 is 10.1 Å². The maximum absolute atomic E-state index is 13.7. The van der Waals surface area contributed by atoms with E-state index in [0.717, 1.165) is 24.2 Å². The average Bonchev–Trinajstić information content (AvgIpc) is 2.93. The number of ether oxygens (including phenoxy) is 1. The van der Waals surface area contributed by atoms with Crippen molar-refractivity contribution in [1.82, 2.24) is 5.32 Å². The lowest BCUT2D eigenvalue weighted by atomic mass is 9.88. The summed E-state index contributed by atoms with van der Waals surface area (Å²) >= 11 is 0. The van der Waals surface area contributed by atoms with Crippen LogP contribution in [0.3, 0.4) is 0 Å². The maximum atomic E-state index is 13.7. The van der Waals surface area contributed by atoms with Crippen LogP contribution in [0.25, 0.3) is 0 Å². The average molecular weight is 285 g/mol. The lowest BCUT2D eigenvalue weighted by Gasteiger charge is -2.26. The lowest BCUT2D eigenvalue weighted by Crippen LogP contribution is -2.23. The quantitative estimate of drug-likeness (QED) is 0.922. The van der Waals surface area contributed by atoms with Crippen molar-refractivity contribution >= 4 is 0 Å². The molecule has 110 valence electrons. The van der Waals surface area contributed by atoms with Crippen LogP contribution >= 0.6 is 0 Å². The Morgan fingerprint density at radius 2 is 2.05 bits per heavy atom. The minimum atomic E-state index is -0.225. The largest absolute Gasteiger partial charge is 0.496 e. The number of benzene rings is 2. The number of aryl methyl sites for hydroxylation is 1. The summed E-state index contributed by atoms with van der Waals surface area (Å²) in [6.07, 6.45) is 2.15. The van der Waals surface area contributed by atoms with Gasteiger partial charge >= 0.3 is 0 Å². The standard InChI is InChI=1S/C18H20FNO/c1-20-18(16-11-13(19)8-10-17(16)21-2)15-9-7-12-5-3-4-6-14(12)15/h3-6,8,10-11,15,18,20H,7,9H2,1-2H3. The molecule has 0 heterocycles. The number of likely N-dealkylation sites (N-methyl/N-ethyl adjacent to an activating group) is 1. The van der Waals surface area contributed by atoms with Crippen molar-refractivity contribution in [3.05, 3.63) is 65.0 Å². The van der Waals surface area contributed by atoms with Crippen LogP contribution in [0, 0.1) is 5.82 Å². The van der Waals surface area contributed by atoms with Crippen molar-refractivity contribution < 1.29 is 9.13 Å². The Morgan fingerprint density at radius 3 is 2.81 bits per heavy atom. The third-order valence-electron chi connectivity index (χ3n) is 4.42. The van der Waals surface area contributed by atoms with Gasteiger partial charge in [0.1, 0.15) is 11.6 Å². The van der Waals surface area contributed by atoms with Crippen molar-refractivity contribution in [2.45, 2.75) is 24.8 Å². The lowest BCUT2D eigenvalue weighted by molar-refractivity contribution is 0.388. The Hall–Kier alpha value is -1.87. The van der Waals surface area contributed by atoms with Crippen LogP contribution in [-0.2, 0) is 6.42 Å². The van der Waals surface area contributed by atoms with E-state index in [1.54, 1.807) is 19.2 Å². The van der Waals surface area contributed by atoms with Crippen LogP contribution in [0.15, 0.2) is 42.5 Å². The molecule has 0 bridgehead atoms. The molecule has 0 radical (unpaired) electrons. The van der Waals surface area contributed by atoms with Crippen molar-refractivity contribution in [3.8, 4) is 5.75 Å². The first-order valence-corrected chi connectivity index (χ1v) is 7.33. The van der Waals surface area contributed by atoms with E-state index in [2.05, 4.69) is 29.6 Å². The first-order valence-electron chi connectivity index (χ1n) is 7.33. The highest BCUT2D eigenvalue weighted by molar-refractivity contribution is 5.42. The molecule has 1 N–H and O–H groups in total. The van der Waals surface area contributed by atoms with Gasteiger partial charge in [0.15, 0.2) is 0 Å². The summed E-state index contributed by atoms with van der Waals surface area (Å²) in [5.41, 5.74) is 3.66. The van der Waals surface area contributed by atoms with Gasteiger partial charge in [0.25, 0.3) is 0 Å². The fraction of sp³-hybridized carbons (Fsp3) is 0.333. The topological polar surface area (TPSA) is 21.3 Å². The summed E-state index contributed by atoms with van der Waals surface area (Å²) in [6.45, 7) is 0. The van der Waals surface area contributed by atoms with Crippen molar-refractivity contribution in [2.24, 2.45) is 0 Å². The molecule has 1 aliphatic rings. The highest BCUT2D eigenvalue weighted by Crippen LogP contribution is 2.43. The Bertz CT molecular complexity index is 641. The molecule has 0 aromatic heterocycles. The summed E-state index contributed by atoms with van der Waals surface area (Å²) in [5, 5.41) is 3.36. The molecule has 3 rings (SSSR count). The molecule has 0 fully saturated rings. The Morgan fingerprint density at radius 1 is 1.24 bits per heavy atom. The van der Waals surface area contributed by atoms with E-state index in [1.165, 1.54) is 17.2 Å². The zero-order valence-electron chi connectivity index (χ0n) is 12.4. The van der Waals surface area contributed by atoms with E-state index in [9.17, 15) is 4.39 Å². The van der Waals surface area contributed by atoms with Gasteiger partial charge in [-0.3, -0.25) is 0 Å². The SMILES string of the molecule is CNC(c1cc(F)ccc1OC)C1CCc2ccccc21. The zero-order chi connectivity index (χ0) is 14.8. The van der Waals surface area contributed by atoms with Gasteiger partial charge in [-0.15, -0.1) is 0 Å². The zero-order valence-corrected chi connectivity index (χ0v) is 12.4. The third-order valence-corrected chi connectivity index (χ3v) is 4.42. The van der Waals surface area contributed by atoms with Gasteiger partial charge in [-0.25, -0.2) is 4.39 Å². The van der Waals surface area contributed by atoms with Crippen molar-refractivity contribution in [1.29, 1.82) is 0 Å². The summed E-state index contributed by atoms with van der Waals surface area (Å²) in [4.78, 5) is 0. The molecule has 1 aliphatic carbocycles. The number of methoxy groups -OCH3 is 1. The Balaban J connectivity index is 2.02. The summed E-state index contributed by atoms with van der Waals surface area (Å²) in [7, 11) is 3.56. The fourth-order valence-corrected chi connectivity index (χ4v) is 3.46. The van der Waals surface area contributed by atoms with Crippen molar-refractivity contribution in [2.75, 3.05) is 14.2 Å². The summed E-state index contributed by atoms with van der Waals surface area (Å²) in [6, 6.07) is 13.3. The molecule has 2 atom stereocenters. The van der Waals surface area contributed by atoms with Crippen LogP contribution in [0.2, 0.25) is 0 Å². The molecule has 0 saturated carbocycles. The minimum absolute atomic E-state index is 0.0549. The second-order valence-corrected chi connectivity index (χ2v) is 5.50. The van der Waals surface area contributed by atoms with Gasteiger partial charge in [-0.05, 0) is 49.2 Å². The van der Waals surface area contributed by atoms with Gasteiger partial charge in [0, 0.05) is 17.5 Å². The molecule has 2 unspecified atom stereocenters. The van der Waals surface area contributed by atoms with E-state index < -0.39 is 0 Å². The van der Waals surface area contributed by atoms with E-state index in [-0.39, 0.29) is 11.9 Å². The number of nitrogens with one attached hydrogen (secondary N) is 1. The molecular formula is C18H20FNO. The smallest absolute Gasteiger partial charge is 0.123 e. The Kier molecular flexibility index (Phi) is 3.93. The molecular weight excluding hydrogens is 265 g/mol. The predicted molar refractivity (Wildman–Crippen MR) is 82.3 cm³/mol. The number of hydrogen-bond acceptors (Lipinski definition) is 2. The van der Waals surface area contributed by atoms with Crippen LogP contribution < -0.4 is 10.1 Å². The monoisotopic (exact) mass is 285 g/mol. The van der Waals surface area contributed by atoms with Crippen LogP contribution in [0.5, 0.6) is 5.75 Å². The summed E-state index contributed by atoms with van der Waals surface area (Å²) in [5.74, 6) is 0.861. The molecule has 3 heteroatoms. The normalized spacial score (nSPS) is 18.3. The number of rotatable bonds is 4. The highest BCUT2D eigenvalue weighted by Gasteiger charge is 2.31. The first kappa shape index (κ1) is 14.1. The van der Waals surface area contributed by atoms with Crippen molar-refractivity contribution in [3.63, 3.8) is 0 Å². The van der Waals surface area contributed by atoms with E-state index in [4.69, 9.17) is 4.74 Å². The molecule has 0 saturated heterocycles. The van der Waals surface area contributed by atoms with Crippen LogP contribution in [-0.4, -0.2) is 14.2 Å². The van der Waals surface area contributed by atoms with Crippen LogP contribution in [0.1, 0.15) is 35.1 Å². The van der Waals surface area contributed by atoms with Gasteiger partial charge in [0.05, 0.1) is 7.11 Å². The second-order valence-electron chi connectivity index (χ2n) is 5.50. The van der Waals surface area contributed by atoms with Gasteiger partial charge in [-0.2, -0.15) is 0 Å². The third kappa shape index (κ3) is 2.54. The fourth-order valence-electron chi connectivity index (χ4n) is 3.46. The van der Waals surface area contributed by atoms with Gasteiger partial charge in [0.2, 0.25) is 0 Å². The number of fused-ring (bicyclic) bond motifs is 1. The van der Waals surface area contributed by atoms with Gasteiger partial charge in [-0.1, -0.05) is 24.3 Å².